The van der Waals surface area contributed by atoms with E-state index in [4.69, 9.17) is 0 Å². The maximum atomic E-state index is 13.1. The van der Waals surface area contributed by atoms with Crippen LogP contribution in [0.5, 0.6) is 0 Å². The number of anilines is 1. The van der Waals surface area contributed by atoms with Crippen molar-refractivity contribution in [1.82, 2.24) is 20.1 Å². The molecule has 2 aliphatic carbocycles. The lowest BCUT2D eigenvalue weighted by atomic mass is 10.3. The highest BCUT2D eigenvalue weighted by Crippen LogP contribution is 2.45. The molecule has 1 heterocycles. The van der Waals surface area contributed by atoms with Crippen molar-refractivity contribution in [1.29, 1.82) is 0 Å². The highest BCUT2D eigenvalue weighted by Gasteiger charge is 2.36. The first kappa shape index (κ1) is 18.9. The minimum atomic E-state index is -1.05. The van der Waals surface area contributed by atoms with Gasteiger partial charge in [-0.1, -0.05) is 11.8 Å². The molecule has 2 saturated carbocycles. The van der Waals surface area contributed by atoms with Crippen molar-refractivity contribution >= 4 is 29.3 Å². The number of carbonyl (C=O) groups is 2. The van der Waals surface area contributed by atoms with Crippen LogP contribution < -0.4 is 10.6 Å². The second-order valence-electron chi connectivity index (χ2n) is 6.96. The molecule has 0 atom stereocenters. The number of aromatic nitrogens is 3. The number of nitrogens with zero attached hydrogens (tertiary/aromatic N) is 3. The summed E-state index contributed by atoms with van der Waals surface area (Å²) in [5, 5.41) is 14.2. The van der Waals surface area contributed by atoms with E-state index in [0.717, 1.165) is 48.8 Å². The van der Waals surface area contributed by atoms with Gasteiger partial charge in [0.1, 0.15) is 5.82 Å². The Morgan fingerprint density at radius 1 is 1.11 bits per heavy atom. The van der Waals surface area contributed by atoms with Gasteiger partial charge in [-0.25, -0.2) is 8.78 Å². The molecule has 0 aliphatic heterocycles. The van der Waals surface area contributed by atoms with Crippen molar-refractivity contribution in [3.63, 3.8) is 0 Å². The molecule has 4 rings (SSSR count). The van der Waals surface area contributed by atoms with Crippen molar-refractivity contribution in [2.75, 3.05) is 17.6 Å². The summed E-state index contributed by atoms with van der Waals surface area (Å²) in [4.78, 5) is 23.9. The quantitative estimate of drug-likeness (QED) is 0.657. The standard InChI is InChI=1S/C18H19F2N5O2S/c19-13-6-3-11(7-14(13)20)22-15(26)8-21-16(27)9-28-18-24-23-17(10-1-2-10)25(18)12-4-5-12/h3,6-7,10,12H,1-2,4-5,8-9H2,(H,21,27)(H,22,26). The Morgan fingerprint density at radius 3 is 2.57 bits per heavy atom. The number of benzene rings is 1. The van der Waals surface area contributed by atoms with Crippen molar-refractivity contribution in [3.05, 3.63) is 35.7 Å². The van der Waals surface area contributed by atoms with Gasteiger partial charge in [-0.05, 0) is 37.8 Å². The van der Waals surface area contributed by atoms with E-state index in [1.807, 2.05) is 0 Å². The molecule has 1 aromatic heterocycles. The minimum Gasteiger partial charge on any atom is -0.346 e. The summed E-state index contributed by atoms with van der Waals surface area (Å²) in [6.45, 7) is -0.263. The van der Waals surface area contributed by atoms with E-state index < -0.39 is 17.5 Å². The van der Waals surface area contributed by atoms with Gasteiger partial charge in [-0.15, -0.1) is 10.2 Å². The molecular formula is C18H19F2N5O2S. The van der Waals surface area contributed by atoms with Gasteiger partial charge in [-0.3, -0.25) is 9.59 Å². The van der Waals surface area contributed by atoms with E-state index in [1.165, 1.54) is 17.8 Å². The second kappa shape index (κ2) is 7.86. The Hall–Kier alpha value is -2.49. The number of carbonyl (C=O) groups excluding carboxylic acids is 2. The molecule has 2 N–H and O–H groups in total. The SMILES string of the molecule is O=C(CSc1nnc(C2CC2)n1C1CC1)NCC(=O)Nc1ccc(F)c(F)c1. The summed E-state index contributed by atoms with van der Waals surface area (Å²) in [6, 6.07) is 3.49. The van der Waals surface area contributed by atoms with Gasteiger partial charge in [0, 0.05) is 23.7 Å². The van der Waals surface area contributed by atoms with Crippen molar-refractivity contribution < 1.29 is 18.4 Å². The molecule has 7 nitrogen and oxygen atoms in total. The zero-order valence-electron chi connectivity index (χ0n) is 15.0. The number of rotatable bonds is 8. The fourth-order valence-electron chi connectivity index (χ4n) is 2.82. The zero-order chi connectivity index (χ0) is 19.7. The van der Waals surface area contributed by atoms with Crippen molar-refractivity contribution in [2.45, 2.75) is 42.8 Å². The van der Waals surface area contributed by atoms with Gasteiger partial charge < -0.3 is 15.2 Å². The van der Waals surface area contributed by atoms with Crippen LogP contribution in [-0.4, -0.2) is 38.9 Å². The van der Waals surface area contributed by atoms with Crippen LogP contribution in [0.15, 0.2) is 23.4 Å². The van der Waals surface area contributed by atoms with E-state index >= 15 is 0 Å². The highest BCUT2D eigenvalue weighted by atomic mass is 32.2. The lowest BCUT2D eigenvalue weighted by Crippen LogP contribution is -2.34. The first-order valence-electron chi connectivity index (χ1n) is 9.10. The molecule has 148 valence electrons. The van der Waals surface area contributed by atoms with Crippen LogP contribution >= 0.6 is 11.8 Å². The Bertz CT molecular complexity index is 911. The lowest BCUT2D eigenvalue weighted by molar-refractivity contribution is -0.122. The summed E-state index contributed by atoms with van der Waals surface area (Å²) in [7, 11) is 0. The first-order valence-corrected chi connectivity index (χ1v) is 10.1. The molecule has 10 heteroatoms. The van der Waals surface area contributed by atoms with Crippen LogP contribution in [0, 0.1) is 11.6 Å². The third-order valence-corrected chi connectivity index (χ3v) is 5.47. The number of amides is 2. The largest absolute Gasteiger partial charge is 0.346 e. The smallest absolute Gasteiger partial charge is 0.243 e. The van der Waals surface area contributed by atoms with E-state index in [-0.39, 0.29) is 23.9 Å². The molecule has 0 spiro atoms. The molecule has 2 amide bonds. The van der Waals surface area contributed by atoms with E-state index in [1.54, 1.807) is 0 Å². The topological polar surface area (TPSA) is 88.9 Å². The van der Waals surface area contributed by atoms with E-state index in [0.29, 0.717) is 12.0 Å². The molecule has 2 fully saturated rings. The lowest BCUT2D eigenvalue weighted by Gasteiger charge is -2.09. The van der Waals surface area contributed by atoms with Gasteiger partial charge in [0.15, 0.2) is 16.8 Å². The fraction of sp³-hybridized carbons (Fsp3) is 0.444. The molecule has 1 aromatic carbocycles. The normalized spacial score (nSPS) is 16.1. The first-order chi connectivity index (χ1) is 13.5. The summed E-state index contributed by atoms with van der Waals surface area (Å²) in [5.74, 6) is -1.25. The van der Waals surface area contributed by atoms with Gasteiger partial charge in [0.2, 0.25) is 11.8 Å². The van der Waals surface area contributed by atoms with Crippen molar-refractivity contribution in [3.8, 4) is 0 Å². The summed E-state index contributed by atoms with van der Waals surface area (Å²) >= 11 is 1.30. The molecule has 28 heavy (non-hydrogen) atoms. The van der Waals surface area contributed by atoms with Crippen molar-refractivity contribution in [2.24, 2.45) is 0 Å². The van der Waals surface area contributed by atoms with Crippen LogP contribution in [-0.2, 0) is 9.59 Å². The summed E-state index contributed by atoms with van der Waals surface area (Å²) in [6.07, 6.45) is 4.51. The molecule has 2 aliphatic rings. The number of halogens is 2. The second-order valence-corrected chi connectivity index (χ2v) is 7.90. The van der Waals surface area contributed by atoms with Gasteiger partial charge in [0.25, 0.3) is 0 Å². The van der Waals surface area contributed by atoms with Crippen LogP contribution in [0.4, 0.5) is 14.5 Å². The Kier molecular flexibility index (Phi) is 5.29. The molecule has 0 saturated heterocycles. The summed E-state index contributed by atoms with van der Waals surface area (Å²) < 4.78 is 28.2. The predicted molar refractivity (Wildman–Crippen MR) is 99.0 cm³/mol. The number of thioether (sulfide) groups is 1. The number of hydrogen-bond acceptors (Lipinski definition) is 5. The third kappa shape index (κ3) is 4.49. The Balaban J connectivity index is 1.25. The fourth-order valence-corrected chi connectivity index (χ4v) is 3.66. The molecule has 0 bridgehead atoms. The van der Waals surface area contributed by atoms with Crippen LogP contribution in [0.3, 0.4) is 0 Å². The average molecular weight is 407 g/mol. The number of nitrogens with one attached hydrogen (secondary N) is 2. The minimum absolute atomic E-state index is 0.119. The maximum Gasteiger partial charge on any atom is 0.243 e. The average Bonchev–Trinajstić information content (AvgIpc) is 3.60. The monoisotopic (exact) mass is 407 g/mol. The maximum absolute atomic E-state index is 13.1. The molecule has 0 radical (unpaired) electrons. The highest BCUT2D eigenvalue weighted by molar-refractivity contribution is 7.99. The van der Waals surface area contributed by atoms with Gasteiger partial charge >= 0.3 is 0 Å². The summed E-state index contributed by atoms with van der Waals surface area (Å²) in [5.41, 5.74) is 0.123. The van der Waals surface area contributed by atoms with Crippen LogP contribution in [0.2, 0.25) is 0 Å². The predicted octanol–water partition coefficient (Wildman–Crippen LogP) is 2.62. The Morgan fingerprint density at radius 2 is 1.89 bits per heavy atom. The van der Waals surface area contributed by atoms with Gasteiger partial charge in [-0.2, -0.15) is 0 Å². The molecule has 2 aromatic rings. The van der Waals surface area contributed by atoms with Crippen LogP contribution in [0.1, 0.15) is 43.5 Å². The zero-order valence-corrected chi connectivity index (χ0v) is 15.8. The van der Waals surface area contributed by atoms with Crippen LogP contribution in [0.25, 0.3) is 0 Å². The number of hydrogen-bond donors (Lipinski definition) is 2. The van der Waals surface area contributed by atoms with Gasteiger partial charge in [0.05, 0.1) is 12.3 Å². The third-order valence-electron chi connectivity index (χ3n) is 4.53. The van der Waals surface area contributed by atoms with E-state index in [9.17, 15) is 18.4 Å². The molecule has 0 unspecified atom stereocenters. The van der Waals surface area contributed by atoms with E-state index in [2.05, 4.69) is 25.4 Å². The Labute approximate surface area is 164 Å². The molecular weight excluding hydrogens is 388 g/mol.